The lowest BCUT2D eigenvalue weighted by atomic mass is 10.3. The average molecular weight is 194 g/mol. The Balaban J connectivity index is 1.94. The summed E-state index contributed by atoms with van der Waals surface area (Å²) in [7, 11) is 0. The van der Waals surface area contributed by atoms with Crippen LogP contribution < -0.4 is 5.32 Å². The Morgan fingerprint density at radius 1 is 1.55 bits per heavy atom. The van der Waals surface area contributed by atoms with Gasteiger partial charge in [0.05, 0.1) is 0 Å². The molecule has 1 fully saturated rings. The van der Waals surface area contributed by atoms with Crippen LogP contribution >= 0.6 is 23.4 Å². The zero-order chi connectivity index (χ0) is 8.16. The highest BCUT2D eigenvalue weighted by atomic mass is 35.5. The molecule has 1 saturated carbocycles. The summed E-state index contributed by atoms with van der Waals surface area (Å²) < 4.78 is 0. The number of thioether (sulfide) groups is 1. The van der Waals surface area contributed by atoms with Crippen molar-refractivity contribution >= 4 is 23.4 Å². The van der Waals surface area contributed by atoms with Gasteiger partial charge < -0.3 is 5.32 Å². The van der Waals surface area contributed by atoms with Gasteiger partial charge in [0.15, 0.2) is 0 Å². The van der Waals surface area contributed by atoms with Gasteiger partial charge in [-0.1, -0.05) is 6.92 Å². The molecule has 1 rings (SSSR count). The molecular weight excluding hydrogens is 178 g/mol. The predicted molar refractivity (Wildman–Crippen MR) is 53.7 cm³/mol. The SMILES string of the molecule is CCSCCNC1(CCl)CC1. The van der Waals surface area contributed by atoms with Crippen LogP contribution in [0.25, 0.3) is 0 Å². The molecule has 0 spiro atoms. The van der Waals surface area contributed by atoms with Crippen molar-refractivity contribution in [2.45, 2.75) is 25.3 Å². The number of nitrogens with one attached hydrogen (secondary N) is 1. The second-order valence-corrected chi connectivity index (χ2v) is 4.70. The van der Waals surface area contributed by atoms with Gasteiger partial charge in [-0.15, -0.1) is 11.6 Å². The highest BCUT2D eigenvalue weighted by Crippen LogP contribution is 2.36. The molecule has 0 aromatic rings. The third-order valence-corrected chi connectivity index (χ3v) is 3.47. The maximum absolute atomic E-state index is 5.80. The first kappa shape index (κ1) is 9.69. The molecule has 1 N–H and O–H groups in total. The molecule has 1 nitrogen and oxygen atoms in total. The molecule has 1 aliphatic rings. The van der Waals surface area contributed by atoms with Gasteiger partial charge in [0.25, 0.3) is 0 Å². The summed E-state index contributed by atoms with van der Waals surface area (Å²) in [6.45, 7) is 3.31. The van der Waals surface area contributed by atoms with E-state index < -0.39 is 0 Å². The van der Waals surface area contributed by atoms with Crippen molar-refractivity contribution in [2.75, 3.05) is 23.9 Å². The molecule has 3 heteroatoms. The van der Waals surface area contributed by atoms with E-state index in [-0.39, 0.29) is 0 Å². The van der Waals surface area contributed by atoms with Crippen molar-refractivity contribution in [2.24, 2.45) is 0 Å². The van der Waals surface area contributed by atoms with Gasteiger partial charge in [-0.3, -0.25) is 0 Å². The lowest BCUT2D eigenvalue weighted by Gasteiger charge is -2.12. The van der Waals surface area contributed by atoms with Gasteiger partial charge in [0, 0.05) is 23.7 Å². The lowest BCUT2D eigenvalue weighted by molar-refractivity contribution is 0.567. The average Bonchev–Trinajstić information content (AvgIpc) is 2.80. The van der Waals surface area contributed by atoms with E-state index in [2.05, 4.69) is 12.2 Å². The summed E-state index contributed by atoms with van der Waals surface area (Å²) in [6.07, 6.45) is 2.54. The highest BCUT2D eigenvalue weighted by Gasteiger charge is 2.40. The number of rotatable bonds is 6. The Labute approximate surface area is 78.3 Å². The molecule has 0 unspecified atom stereocenters. The minimum Gasteiger partial charge on any atom is -0.309 e. The van der Waals surface area contributed by atoms with Crippen LogP contribution in [-0.2, 0) is 0 Å². The van der Waals surface area contributed by atoms with E-state index in [9.17, 15) is 0 Å². The Hall–Kier alpha value is 0.600. The zero-order valence-electron chi connectivity index (χ0n) is 7.03. The summed E-state index contributed by atoms with van der Waals surface area (Å²) in [6, 6.07) is 0. The molecular formula is C8H16ClNS. The number of alkyl halides is 1. The molecule has 0 aromatic heterocycles. The zero-order valence-corrected chi connectivity index (χ0v) is 8.60. The van der Waals surface area contributed by atoms with Crippen molar-refractivity contribution in [3.05, 3.63) is 0 Å². The molecule has 0 amide bonds. The molecule has 0 saturated heterocycles. The van der Waals surface area contributed by atoms with E-state index in [1.807, 2.05) is 11.8 Å². The van der Waals surface area contributed by atoms with E-state index >= 15 is 0 Å². The normalized spacial score (nSPS) is 20.2. The third kappa shape index (κ3) is 3.22. The minimum atomic E-state index is 0.343. The van der Waals surface area contributed by atoms with E-state index in [0.29, 0.717) is 5.54 Å². The van der Waals surface area contributed by atoms with E-state index in [0.717, 1.165) is 12.4 Å². The number of halogens is 1. The Morgan fingerprint density at radius 2 is 2.27 bits per heavy atom. The first-order valence-corrected chi connectivity index (χ1v) is 5.91. The largest absolute Gasteiger partial charge is 0.309 e. The van der Waals surface area contributed by atoms with Gasteiger partial charge in [0.2, 0.25) is 0 Å². The quantitative estimate of drug-likeness (QED) is 0.512. The summed E-state index contributed by atoms with van der Waals surface area (Å²) in [4.78, 5) is 0. The molecule has 11 heavy (non-hydrogen) atoms. The fourth-order valence-electron chi connectivity index (χ4n) is 1.04. The van der Waals surface area contributed by atoms with Crippen molar-refractivity contribution in [3.63, 3.8) is 0 Å². The highest BCUT2D eigenvalue weighted by molar-refractivity contribution is 7.99. The Bertz CT molecular complexity index is 115. The molecule has 0 heterocycles. The number of hydrogen-bond acceptors (Lipinski definition) is 2. The Kier molecular flexibility index (Phi) is 4.04. The fraction of sp³-hybridized carbons (Fsp3) is 1.00. The smallest absolute Gasteiger partial charge is 0.0406 e. The second-order valence-electron chi connectivity index (χ2n) is 3.04. The first-order valence-electron chi connectivity index (χ1n) is 4.22. The summed E-state index contributed by atoms with van der Waals surface area (Å²) >= 11 is 7.78. The van der Waals surface area contributed by atoms with Crippen molar-refractivity contribution < 1.29 is 0 Å². The summed E-state index contributed by atoms with van der Waals surface area (Å²) in [5, 5.41) is 3.50. The van der Waals surface area contributed by atoms with Gasteiger partial charge in [-0.05, 0) is 18.6 Å². The second kappa shape index (κ2) is 4.58. The van der Waals surface area contributed by atoms with Crippen LogP contribution in [0.3, 0.4) is 0 Å². The monoisotopic (exact) mass is 193 g/mol. The van der Waals surface area contributed by atoms with Crippen LogP contribution in [-0.4, -0.2) is 29.5 Å². The number of hydrogen-bond donors (Lipinski definition) is 1. The van der Waals surface area contributed by atoms with Crippen LogP contribution in [0.4, 0.5) is 0 Å². The lowest BCUT2D eigenvalue weighted by Crippen LogP contribution is -2.34. The molecule has 66 valence electrons. The van der Waals surface area contributed by atoms with Gasteiger partial charge >= 0.3 is 0 Å². The van der Waals surface area contributed by atoms with E-state index in [4.69, 9.17) is 11.6 Å². The molecule has 0 radical (unpaired) electrons. The molecule has 0 atom stereocenters. The standard InChI is InChI=1S/C8H16ClNS/c1-2-11-6-5-10-8(7-9)3-4-8/h10H,2-7H2,1H3. The van der Waals surface area contributed by atoms with Crippen molar-refractivity contribution in [1.29, 1.82) is 0 Å². The minimum absolute atomic E-state index is 0.343. The predicted octanol–water partition coefficient (Wildman–Crippen LogP) is 2.10. The van der Waals surface area contributed by atoms with Crippen LogP contribution in [0, 0.1) is 0 Å². The topological polar surface area (TPSA) is 12.0 Å². The molecule has 0 aliphatic heterocycles. The van der Waals surface area contributed by atoms with Gasteiger partial charge in [-0.2, -0.15) is 11.8 Å². The summed E-state index contributed by atoms with van der Waals surface area (Å²) in [5.41, 5.74) is 0.343. The maximum atomic E-state index is 5.80. The maximum Gasteiger partial charge on any atom is 0.0406 e. The molecule has 0 bridgehead atoms. The molecule has 0 aromatic carbocycles. The van der Waals surface area contributed by atoms with Gasteiger partial charge in [0.1, 0.15) is 0 Å². The van der Waals surface area contributed by atoms with Gasteiger partial charge in [-0.25, -0.2) is 0 Å². The Morgan fingerprint density at radius 3 is 2.73 bits per heavy atom. The third-order valence-electron chi connectivity index (χ3n) is 2.06. The van der Waals surface area contributed by atoms with Crippen LogP contribution in [0.15, 0.2) is 0 Å². The first-order chi connectivity index (χ1) is 5.33. The van der Waals surface area contributed by atoms with E-state index in [1.165, 1.54) is 24.3 Å². The van der Waals surface area contributed by atoms with E-state index in [1.54, 1.807) is 0 Å². The van der Waals surface area contributed by atoms with Crippen LogP contribution in [0.5, 0.6) is 0 Å². The molecule has 1 aliphatic carbocycles. The fourth-order valence-corrected chi connectivity index (χ4v) is 1.94. The van der Waals surface area contributed by atoms with Crippen molar-refractivity contribution in [3.8, 4) is 0 Å². The van der Waals surface area contributed by atoms with Crippen LogP contribution in [0.2, 0.25) is 0 Å². The summed E-state index contributed by atoms with van der Waals surface area (Å²) in [5.74, 6) is 3.22. The van der Waals surface area contributed by atoms with Crippen LogP contribution in [0.1, 0.15) is 19.8 Å². The van der Waals surface area contributed by atoms with Crippen molar-refractivity contribution in [1.82, 2.24) is 5.32 Å².